The number of nitro groups is 1. The van der Waals surface area contributed by atoms with Crippen LogP contribution in [0.2, 0.25) is 0 Å². The molecule has 0 aromatic heterocycles. The molecule has 2 fully saturated rings. The molecule has 0 bridgehead atoms. The maximum Gasteiger partial charge on any atom is 0.292 e. The molecule has 102 valence electrons. The van der Waals surface area contributed by atoms with Gasteiger partial charge in [0.25, 0.3) is 5.69 Å². The first-order valence-electron chi connectivity index (χ1n) is 6.15. The van der Waals surface area contributed by atoms with Crippen LogP contribution in [0.25, 0.3) is 0 Å². The Morgan fingerprint density at radius 3 is 3.05 bits per heavy atom. The first-order chi connectivity index (χ1) is 9.08. The van der Waals surface area contributed by atoms with E-state index < -0.39 is 10.7 Å². The summed E-state index contributed by atoms with van der Waals surface area (Å²) < 4.78 is 18.8. The predicted octanol–water partition coefficient (Wildman–Crippen LogP) is 1.26. The summed E-state index contributed by atoms with van der Waals surface area (Å²) in [7, 11) is 0. The van der Waals surface area contributed by atoms with Crippen LogP contribution < -0.4 is 11.1 Å². The summed E-state index contributed by atoms with van der Waals surface area (Å²) in [6, 6.07) is 3.02. The lowest BCUT2D eigenvalue weighted by Crippen LogP contribution is -2.65. The number of hydrogen-bond donors (Lipinski definition) is 2. The van der Waals surface area contributed by atoms with Gasteiger partial charge < -0.3 is 15.8 Å². The Labute approximate surface area is 108 Å². The third-order valence-electron chi connectivity index (χ3n) is 3.92. The van der Waals surface area contributed by atoms with Gasteiger partial charge >= 0.3 is 0 Å². The van der Waals surface area contributed by atoms with Crippen LogP contribution in [0.3, 0.4) is 0 Å². The molecule has 0 radical (unpaired) electrons. The summed E-state index contributed by atoms with van der Waals surface area (Å²) in [5.74, 6) is -0.227. The maximum atomic E-state index is 13.2. The van der Waals surface area contributed by atoms with Gasteiger partial charge in [-0.25, -0.2) is 4.39 Å². The van der Waals surface area contributed by atoms with Crippen LogP contribution in [-0.4, -0.2) is 29.7 Å². The normalized spacial score (nSPS) is 32.5. The number of benzene rings is 1. The number of nitrogens with two attached hydrogens (primary N) is 1. The molecule has 7 heteroatoms. The van der Waals surface area contributed by atoms with Crippen molar-refractivity contribution in [3.63, 3.8) is 0 Å². The summed E-state index contributed by atoms with van der Waals surface area (Å²) in [6.45, 7) is 0.659. The fourth-order valence-corrected chi connectivity index (χ4v) is 2.89. The summed E-state index contributed by atoms with van der Waals surface area (Å²) >= 11 is 0. The van der Waals surface area contributed by atoms with E-state index in [1.54, 1.807) is 0 Å². The lowest BCUT2D eigenvalue weighted by atomic mass is 9.72. The Hall–Kier alpha value is -1.73. The van der Waals surface area contributed by atoms with Gasteiger partial charge in [-0.05, 0) is 12.5 Å². The lowest BCUT2D eigenvalue weighted by molar-refractivity contribution is -0.384. The second-order valence-corrected chi connectivity index (χ2v) is 4.95. The third kappa shape index (κ3) is 1.95. The van der Waals surface area contributed by atoms with Gasteiger partial charge in [0.05, 0.1) is 17.1 Å². The number of hydrogen-bond acceptors (Lipinski definition) is 5. The van der Waals surface area contributed by atoms with Gasteiger partial charge in [0.2, 0.25) is 0 Å². The van der Waals surface area contributed by atoms with Gasteiger partial charge in [-0.1, -0.05) is 0 Å². The largest absolute Gasteiger partial charge is 0.376 e. The number of nitrogens with zero attached hydrogens (tertiary/aromatic N) is 1. The van der Waals surface area contributed by atoms with Crippen LogP contribution in [0.15, 0.2) is 18.2 Å². The van der Waals surface area contributed by atoms with Crippen molar-refractivity contribution >= 4 is 11.4 Å². The first kappa shape index (κ1) is 12.3. The molecule has 6 nitrogen and oxygen atoms in total. The van der Waals surface area contributed by atoms with Gasteiger partial charge in [-0.2, -0.15) is 0 Å². The fourth-order valence-electron chi connectivity index (χ4n) is 2.89. The van der Waals surface area contributed by atoms with Crippen molar-refractivity contribution in [3.8, 4) is 0 Å². The van der Waals surface area contributed by atoms with Crippen molar-refractivity contribution in [2.24, 2.45) is 11.7 Å². The minimum atomic E-state index is -0.543. The highest BCUT2D eigenvalue weighted by molar-refractivity contribution is 5.62. The van der Waals surface area contributed by atoms with E-state index in [1.807, 2.05) is 0 Å². The molecule has 0 amide bonds. The molecule has 19 heavy (non-hydrogen) atoms. The Balaban J connectivity index is 1.83. The van der Waals surface area contributed by atoms with E-state index in [1.165, 1.54) is 0 Å². The van der Waals surface area contributed by atoms with E-state index in [9.17, 15) is 14.5 Å². The molecule has 1 saturated carbocycles. The minimum Gasteiger partial charge on any atom is -0.376 e. The van der Waals surface area contributed by atoms with Gasteiger partial charge in [0.1, 0.15) is 11.5 Å². The highest BCUT2D eigenvalue weighted by Crippen LogP contribution is 2.40. The molecule has 1 aromatic carbocycles. The Morgan fingerprint density at radius 2 is 2.32 bits per heavy atom. The van der Waals surface area contributed by atoms with Crippen molar-refractivity contribution in [1.82, 2.24) is 0 Å². The molecule has 1 aromatic rings. The SMILES string of the molecule is NC1C2CCOC2C1Nc1cc(F)ccc1[N+](=O)[O-]. The number of nitrogens with one attached hydrogen (secondary N) is 1. The topological polar surface area (TPSA) is 90.4 Å². The zero-order valence-electron chi connectivity index (χ0n) is 10.1. The van der Waals surface area contributed by atoms with Crippen LogP contribution in [0.1, 0.15) is 6.42 Å². The van der Waals surface area contributed by atoms with Crippen molar-refractivity contribution in [3.05, 3.63) is 34.1 Å². The summed E-state index contributed by atoms with van der Waals surface area (Å²) in [4.78, 5) is 10.4. The fraction of sp³-hybridized carbons (Fsp3) is 0.500. The highest BCUT2D eigenvalue weighted by Gasteiger charge is 2.52. The van der Waals surface area contributed by atoms with Crippen molar-refractivity contribution in [2.45, 2.75) is 24.6 Å². The molecule has 1 heterocycles. The van der Waals surface area contributed by atoms with Gasteiger partial charge in [0.15, 0.2) is 0 Å². The maximum absolute atomic E-state index is 13.2. The van der Waals surface area contributed by atoms with Gasteiger partial charge in [0, 0.05) is 30.7 Å². The average Bonchev–Trinajstić information content (AvgIpc) is 2.80. The number of halogens is 1. The van der Waals surface area contributed by atoms with E-state index in [0.717, 1.165) is 24.6 Å². The Kier molecular flexibility index (Phi) is 2.87. The second-order valence-electron chi connectivity index (χ2n) is 4.95. The number of rotatable bonds is 3. The van der Waals surface area contributed by atoms with Crippen molar-refractivity contribution < 1.29 is 14.1 Å². The van der Waals surface area contributed by atoms with Crippen LogP contribution >= 0.6 is 0 Å². The quantitative estimate of drug-likeness (QED) is 0.635. The molecular formula is C12H14FN3O3. The van der Waals surface area contributed by atoms with Crippen LogP contribution in [-0.2, 0) is 4.74 Å². The van der Waals surface area contributed by atoms with Crippen LogP contribution in [0, 0.1) is 21.8 Å². The van der Waals surface area contributed by atoms with Crippen molar-refractivity contribution in [1.29, 1.82) is 0 Å². The Bertz CT molecular complexity index is 525. The zero-order chi connectivity index (χ0) is 13.6. The van der Waals surface area contributed by atoms with Crippen molar-refractivity contribution in [2.75, 3.05) is 11.9 Å². The minimum absolute atomic E-state index is 0.0297. The van der Waals surface area contributed by atoms with Crippen LogP contribution in [0.4, 0.5) is 15.8 Å². The van der Waals surface area contributed by atoms with Crippen LogP contribution in [0.5, 0.6) is 0 Å². The summed E-state index contributed by atoms with van der Waals surface area (Å²) in [5.41, 5.74) is 6.01. The number of ether oxygens (including phenoxy) is 1. The molecule has 2 aliphatic rings. The number of anilines is 1. The molecule has 0 spiro atoms. The Morgan fingerprint density at radius 1 is 1.53 bits per heavy atom. The zero-order valence-corrected chi connectivity index (χ0v) is 10.1. The van der Waals surface area contributed by atoms with E-state index in [2.05, 4.69) is 5.32 Å². The smallest absolute Gasteiger partial charge is 0.292 e. The number of nitro benzene ring substituents is 1. The summed E-state index contributed by atoms with van der Waals surface area (Å²) in [5, 5.41) is 13.9. The molecule has 4 atom stereocenters. The predicted molar refractivity (Wildman–Crippen MR) is 66.3 cm³/mol. The van der Waals surface area contributed by atoms with E-state index >= 15 is 0 Å². The molecule has 1 aliphatic carbocycles. The molecule has 1 aliphatic heterocycles. The summed E-state index contributed by atoms with van der Waals surface area (Å²) in [6.07, 6.45) is 0.882. The molecule has 3 N–H and O–H groups in total. The standard InChI is InChI=1S/C12H14FN3O3/c13-6-1-2-9(16(17)18)8(5-6)15-11-10(14)7-3-4-19-12(7)11/h1-2,5,7,10-12,15H,3-4,14H2. The average molecular weight is 267 g/mol. The second kappa shape index (κ2) is 4.43. The molecule has 1 saturated heterocycles. The highest BCUT2D eigenvalue weighted by atomic mass is 19.1. The monoisotopic (exact) mass is 267 g/mol. The molecule has 4 unspecified atom stereocenters. The molecular weight excluding hydrogens is 253 g/mol. The van der Waals surface area contributed by atoms with Gasteiger partial charge in [-0.3, -0.25) is 10.1 Å². The van der Waals surface area contributed by atoms with E-state index in [-0.39, 0.29) is 29.6 Å². The first-order valence-corrected chi connectivity index (χ1v) is 6.15. The van der Waals surface area contributed by atoms with Gasteiger partial charge in [-0.15, -0.1) is 0 Å². The molecule has 3 rings (SSSR count). The van der Waals surface area contributed by atoms with E-state index in [4.69, 9.17) is 10.5 Å². The lowest BCUT2D eigenvalue weighted by Gasteiger charge is -2.46. The van der Waals surface area contributed by atoms with E-state index in [0.29, 0.717) is 12.5 Å². The third-order valence-corrected chi connectivity index (χ3v) is 3.92. The number of fused-ring (bicyclic) bond motifs is 1.